The highest BCUT2D eigenvalue weighted by molar-refractivity contribution is 5.21. The first-order valence-electron chi connectivity index (χ1n) is 4.39. The number of terminal acetylenes is 1. The molecule has 0 aromatic heterocycles. The van der Waals surface area contributed by atoms with E-state index >= 15 is 0 Å². The van der Waals surface area contributed by atoms with Gasteiger partial charge in [-0.2, -0.15) is 0 Å². The molecule has 0 amide bonds. The van der Waals surface area contributed by atoms with Gasteiger partial charge in [-0.1, -0.05) is 35.7 Å². The van der Waals surface area contributed by atoms with Crippen LogP contribution in [-0.2, 0) is 11.2 Å². The number of rotatable bonds is 4. The molecule has 0 unspecified atom stereocenters. The molecule has 13 heavy (non-hydrogen) atoms. The van der Waals surface area contributed by atoms with E-state index in [2.05, 4.69) is 37.1 Å². The summed E-state index contributed by atoms with van der Waals surface area (Å²) in [6.45, 7) is 3.19. The van der Waals surface area contributed by atoms with Crippen LogP contribution < -0.4 is 0 Å². The molecule has 0 spiro atoms. The first-order chi connectivity index (χ1) is 6.33. The van der Waals surface area contributed by atoms with Crippen molar-refractivity contribution in [3.63, 3.8) is 0 Å². The molecule has 1 nitrogen and oxygen atoms in total. The molecule has 1 aromatic carbocycles. The fraction of sp³-hybridized carbons (Fsp3) is 0.333. The van der Waals surface area contributed by atoms with E-state index in [-0.39, 0.29) is 0 Å². The van der Waals surface area contributed by atoms with E-state index in [1.807, 2.05) is 0 Å². The highest BCUT2D eigenvalue weighted by Crippen LogP contribution is 2.03. The summed E-state index contributed by atoms with van der Waals surface area (Å²) in [7, 11) is 0. The lowest BCUT2D eigenvalue weighted by atomic mass is 10.1. The van der Waals surface area contributed by atoms with Crippen molar-refractivity contribution in [3.8, 4) is 12.3 Å². The number of aryl methyl sites for hydroxylation is 1. The third-order valence-electron chi connectivity index (χ3n) is 1.84. The highest BCUT2D eigenvalue weighted by atomic mass is 16.5. The minimum Gasteiger partial charge on any atom is -0.368 e. The summed E-state index contributed by atoms with van der Waals surface area (Å²) >= 11 is 0. The summed E-state index contributed by atoms with van der Waals surface area (Å²) in [5, 5.41) is 0. The standard InChI is InChI=1S/C12H14O/c1-3-9-13-10-8-12-6-4-11(2)5-7-12/h1,4-7H,8-10H2,2H3. The molecule has 1 rings (SSSR count). The Hall–Kier alpha value is -1.26. The van der Waals surface area contributed by atoms with E-state index in [1.54, 1.807) is 0 Å². The van der Waals surface area contributed by atoms with Crippen LogP contribution in [0.15, 0.2) is 24.3 Å². The lowest BCUT2D eigenvalue weighted by Gasteiger charge is -2.01. The first-order valence-corrected chi connectivity index (χ1v) is 4.39. The second-order valence-corrected chi connectivity index (χ2v) is 2.99. The van der Waals surface area contributed by atoms with Gasteiger partial charge in [0.1, 0.15) is 6.61 Å². The van der Waals surface area contributed by atoms with Crippen molar-refractivity contribution in [3.05, 3.63) is 35.4 Å². The average Bonchev–Trinajstić information content (AvgIpc) is 2.15. The summed E-state index contributed by atoms with van der Waals surface area (Å²) in [6, 6.07) is 8.45. The molecule has 0 N–H and O–H groups in total. The smallest absolute Gasteiger partial charge is 0.107 e. The second kappa shape index (κ2) is 5.40. The van der Waals surface area contributed by atoms with E-state index in [4.69, 9.17) is 11.2 Å². The molecule has 0 saturated carbocycles. The summed E-state index contributed by atoms with van der Waals surface area (Å²) < 4.78 is 5.18. The van der Waals surface area contributed by atoms with Crippen LogP contribution in [-0.4, -0.2) is 13.2 Å². The molecule has 0 heterocycles. The lowest BCUT2D eigenvalue weighted by Crippen LogP contribution is -1.98. The Labute approximate surface area is 79.7 Å². The maximum Gasteiger partial charge on any atom is 0.107 e. The van der Waals surface area contributed by atoms with E-state index in [0.717, 1.165) is 6.42 Å². The largest absolute Gasteiger partial charge is 0.368 e. The Morgan fingerprint density at radius 3 is 2.62 bits per heavy atom. The average molecular weight is 174 g/mol. The molecule has 0 aliphatic rings. The van der Waals surface area contributed by atoms with Gasteiger partial charge >= 0.3 is 0 Å². The van der Waals surface area contributed by atoms with E-state index in [9.17, 15) is 0 Å². The molecule has 1 heteroatoms. The molecule has 1 aromatic rings. The molecule has 0 radical (unpaired) electrons. The molecule has 0 fully saturated rings. The Morgan fingerprint density at radius 2 is 2.00 bits per heavy atom. The third-order valence-corrected chi connectivity index (χ3v) is 1.84. The zero-order valence-electron chi connectivity index (χ0n) is 7.92. The Balaban J connectivity index is 2.30. The van der Waals surface area contributed by atoms with E-state index in [0.29, 0.717) is 13.2 Å². The van der Waals surface area contributed by atoms with Crippen LogP contribution in [0.4, 0.5) is 0 Å². The number of hydrogen-bond donors (Lipinski definition) is 0. The van der Waals surface area contributed by atoms with Gasteiger partial charge < -0.3 is 4.74 Å². The first kappa shape index (κ1) is 9.83. The SMILES string of the molecule is C#CCOCCc1ccc(C)cc1. The Kier molecular flexibility index (Phi) is 4.08. The van der Waals surface area contributed by atoms with Gasteiger partial charge in [0.05, 0.1) is 6.61 Å². The number of benzene rings is 1. The van der Waals surface area contributed by atoms with Gasteiger partial charge in [0, 0.05) is 0 Å². The second-order valence-electron chi connectivity index (χ2n) is 2.99. The molecule has 0 saturated heterocycles. The van der Waals surface area contributed by atoms with Crippen molar-refractivity contribution in [1.82, 2.24) is 0 Å². The van der Waals surface area contributed by atoms with Crippen LogP contribution >= 0.6 is 0 Å². The molecular formula is C12H14O. The number of ether oxygens (including phenoxy) is 1. The van der Waals surface area contributed by atoms with Crippen LogP contribution in [0.25, 0.3) is 0 Å². The molecule has 0 atom stereocenters. The van der Waals surface area contributed by atoms with Crippen LogP contribution in [0.3, 0.4) is 0 Å². The number of hydrogen-bond acceptors (Lipinski definition) is 1. The minimum absolute atomic E-state index is 0.409. The van der Waals surface area contributed by atoms with Gasteiger partial charge in [-0.15, -0.1) is 6.42 Å². The van der Waals surface area contributed by atoms with E-state index < -0.39 is 0 Å². The highest BCUT2D eigenvalue weighted by Gasteiger charge is 1.91. The van der Waals surface area contributed by atoms with Crippen molar-refractivity contribution in [2.24, 2.45) is 0 Å². The monoisotopic (exact) mass is 174 g/mol. The lowest BCUT2D eigenvalue weighted by molar-refractivity contribution is 0.170. The van der Waals surface area contributed by atoms with Crippen molar-refractivity contribution in [2.75, 3.05) is 13.2 Å². The maximum atomic E-state index is 5.18. The molecule has 0 bridgehead atoms. The zero-order valence-corrected chi connectivity index (χ0v) is 7.92. The van der Waals surface area contributed by atoms with Crippen molar-refractivity contribution >= 4 is 0 Å². The summed E-state index contributed by atoms with van der Waals surface area (Å²) in [4.78, 5) is 0. The molecule has 0 aliphatic carbocycles. The van der Waals surface area contributed by atoms with Crippen molar-refractivity contribution in [1.29, 1.82) is 0 Å². The summed E-state index contributed by atoms with van der Waals surface area (Å²) in [5.41, 5.74) is 2.58. The fourth-order valence-corrected chi connectivity index (χ4v) is 1.08. The predicted molar refractivity (Wildman–Crippen MR) is 54.5 cm³/mol. The molecular weight excluding hydrogens is 160 g/mol. The summed E-state index contributed by atoms with van der Waals surface area (Å²) in [6.07, 6.45) is 5.99. The molecule has 0 aliphatic heterocycles. The minimum atomic E-state index is 0.409. The van der Waals surface area contributed by atoms with Crippen LogP contribution in [0, 0.1) is 19.3 Å². The van der Waals surface area contributed by atoms with Gasteiger partial charge in [-0.3, -0.25) is 0 Å². The van der Waals surface area contributed by atoms with Gasteiger partial charge in [0.2, 0.25) is 0 Å². The van der Waals surface area contributed by atoms with Crippen molar-refractivity contribution < 1.29 is 4.74 Å². The van der Waals surface area contributed by atoms with Gasteiger partial charge in [-0.25, -0.2) is 0 Å². The zero-order chi connectivity index (χ0) is 9.52. The van der Waals surface area contributed by atoms with Crippen LogP contribution in [0.2, 0.25) is 0 Å². The summed E-state index contributed by atoms with van der Waals surface area (Å²) in [5.74, 6) is 2.44. The van der Waals surface area contributed by atoms with Crippen LogP contribution in [0.5, 0.6) is 0 Å². The van der Waals surface area contributed by atoms with Gasteiger partial charge in [-0.05, 0) is 18.9 Å². The normalized spacial score (nSPS) is 9.54. The third kappa shape index (κ3) is 3.78. The maximum absolute atomic E-state index is 5.18. The fourth-order valence-electron chi connectivity index (χ4n) is 1.08. The van der Waals surface area contributed by atoms with Gasteiger partial charge in [0.15, 0.2) is 0 Å². The predicted octanol–water partition coefficient (Wildman–Crippen LogP) is 2.19. The Bertz CT molecular complexity index is 279. The molecule has 68 valence electrons. The quantitative estimate of drug-likeness (QED) is 0.502. The van der Waals surface area contributed by atoms with E-state index in [1.165, 1.54) is 11.1 Å². The van der Waals surface area contributed by atoms with Crippen molar-refractivity contribution in [2.45, 2.75) is 13.3 Å². The Morgan fingerprint density at radius 1 is 1.31 bits per heavy atom. The van der Waals surface area contributed by atoms with Gasteiger partial charge in [0.25, 0.3) is 0 Å². The van der Waals surface area contributed by atoms with Crippen LogP contribution in [0.1, 0.15) is 11.1 Å². The topological polar surface area (TPSA) is 9.23 Å².